The van der Waals surface area contributed by atoms with Crippen molar-refractivity contribution >= 4 is 5.97 Å². The van der Waals surface area contributed by atoms with Crippen molar-refractivity contribution in [3.05, 3.63) is 59.8 Å². The molecule has 0 unspecified atom stereocenters. The fourth-order valence-corrected chi connectivity index (χ4v) is 1.25. The van der Waals surface area contributed by atoms with Crippen LogP contribution < -0.4 is 0 Å². The van der Waals surface area contributed by atoms with Crippen LogP contribution in [0.1, 0.15) is 12.5 Å². The van der Waals surface area contributed by atoms with Gasteiger partial charge in [0.1, 0.15) is 12.0 Å². The van der Waals surface area contributed by atoms with E-state index >= 15 is 0 Å². The third kappa shape index (κ3) is 3.25. The topological polar surface area (TPSA) is 39.4 Å². The molecular formula is C14H10O3. The molecule has 0 aliphatic carbocycles. The molecule has 0 bridgehead atoms. The number of cyclic esters (lactones) is 1. The first-order valence-electron chi connectivity index (χ1n) is 5.06. The third-order valence-electron chi connectivity index (χ3n) is 2.01. The summed E-state index contributed by atoms with van der Waals surface area (Å²) in [6, 6.07) is 1.79. The van der Waals surface area contributed by atoms with E-state index in [0.29, 0.717) is 5.76 Å². The summed E-state index contributed by atoms with van der Waals surface area (Å²) in [5.41, 5.74) is 1.74. The van der Waals surface area contributed by atoms with Gasteiger partial charge >= 0.3 is 5.97 Å². The van der Waals surface area contributed by atoms with Gasteiger partial charge in [-0.25, -0.2) is 4.79 Å². The lowest BCUT2D eigenvalue weighted by molar-refractivity contribution is -0.132. The van der Waals surface area contributed by atoms with E-state index < -0.39 is 0 Å². The normalized spacial score (nSPS) is 16.9. The lowest BCUT2D eigenvalue weighted by Gasteiger charge is -1.94. The Balaban J connectivity index is 2.03. The number of ether oxygens (including phenoxy) is 1. The molecule has 0 spiro atoms. The number of carbonyl (C=O) groups excluding carboxylic acids is 1. The van der Waals surface area contributed by atoms with Crippen molar-refractivity contribution < 1.29 is 13.9 Å². The Morgan fingerprint density at radius 3 is 2.94 bits per heavy atom. The number of esters is 1. The maximum atomic E-state index is 10.8. The highest BCUT2D eigenvalue weighted by atomic mass is 16.5. The lowest BCUT2D eigenvalue weighted by Crippen LogP contribution is -1.90. The van der Waals surface area contributed by atoms with E-state index in [4.69, 9.17) is 9.15 Å². The van der Waals surface area contributed by atoms with E-state index in [9.17, 15) is 4.79 Å². The Labute approximate surface area is 99.1 Å². The molecule has 1 aromatic rings. The van der Waals surface area contributed by atoms with Crippen molar-refractivity contribution in [1.29, 1.82) is 0 Å². The predicted octanol–water partition coefficient (Wildman–Crippen LogP) is 2.57. The minimum atomic E-state index is -0.339. The number of furan rings is 1. The quantitative estimate of drug-likeness (QED) is 0.545. The van der Waals surface area contributed by atoms with Crippen LogP contribution in [0.25, 0.3) is 0 Å². The highest BCUT2D eigenvalue weighted by Crippen LogP contribution is 2.11. The van der Waals surface area contributed by atoms with Crippen molar-refractivity contribution in [3.63, 3.8) is 0 Å². The van der Waals surface area contributed by atoms with Crippen LogP contribution in [0.15, 0.2) is 58.6 Å². The van der Waals surface area contributed by atoms with Gasteiger partial charge in [0, 0.05) is 6.08 Å². The minimum absolute atomic E-state index is 0.339. The van der Waals surface area contributed by atoms with E-state index in [1.807, 2.05) is 6.92 Å². The molecule has 1 aliphatic heterocycles. The van der Waals surface area contributed by atoms with Gasteiger partial charge in [-0.05, 0) is 36.8 Å². The lowest BCUT2D eigenvalue weighted by atomic mass is 10.2. The van der Waals surface area contributed by atoms with Crippen LogP contribution in [0.4, 0.5) is 0 Å². The number of hydrogen-bond donors (Lipinski definition) is 0. The monoisotopic (exact) mass is 226 g/mol. The minimum Gasteiger partial charge on any atom is -0.471 e. The second-order valence-electron chi connectivity index (χ2n) is 3.47. The van der Waals surface area contributed by atoms with Crippen LogP contribution in [0, 0.1) is 11.8 Å². The third-order valence-corrected chi connectivity index (χ3v) is 2.01. The van der Waals surface area contributed by atoms with Crippen LogP contribution in [-0.2, 0) is 9.53 Å². The Kier molecular flexibility index (Phi) is 3.27. The zero-order chi connectivity index (χ0) is 12.1. The number of hydrogen-bond acceptors (Lipinski definition) is 3. The molecule has 0 aromatic carbocycles. The first-order chi connectivity index (χ1) is 8.24. The molecule has 0 N–H and O–H groups in total. The molecule has 3 nitrogen and oxygen atoms in total. The van der Waals surface area contributed by atoms with Gasteiger partial charge in [0.25, 0.3) is 0 Å². The second-order valence-corrected chi connectivity index (χ2v) is 3.47. The van der Waals surface area contributed by atoms with E-state index in [2.05, 4.69) is 11.8 Å². The summed E-state index contributed by atoms with van der Waals surface area (Å²) in [5.74, 6) is 6.00. The van der Waals surface area contributed by atoms with Gasteiger partial charge in [0.15, 0.2) is 0 Å². The largest absolute Gasteiger partial charge is 0.471 e. The maximum absolute atomic E-state index is 10.8. The molecule has 0 amide bonds. The van der Waals surface area contributed by atoms with E-state index in [1.165, 1.54) is 6.08 Å². The zero-order valence-electron chi connectivity index (χ0n) is 9.27. The van der Waals surface area contributed by atoms with Gasteiger partial charge in [0.2, 0.25) is 0 Å². The van der Waals surface area contributed by atoms with Crippen molar-refractivity contribution in [2.45, 2.75) is 6.92 Å². The highest BCUT2D eigenvalue weighted by Gasteiger charge is 2.08. The Morgan fingerprint density at radius 1 is 1.41 bits per heavy atom. The Morgan fingerprint density at radius 2 is 2.29 bits per heavy atom. The summed E-state index contributed by atoms with van der Waals surface area (Å²) in [6.45, 7) is 1.89. The average molecular weight is 226 g/mol. The smallest absolute Gasteiger partial charge is 0.336 e. The second kappa shape index (κ2) is 5.04. The van der Waals surface area contributed by atoms with Gasteiger partial charge in [-0.2, -0.15) is 0 Å². The number of carbonyl (C=O) groups is 1. The molecule has 1 aliphatic rings. The van der Waals surface area contributed by atoms with Crippen molar-refractivity contribution in [3.8, 4) is 11.8 Å². The number of rotatable bonds is 1. The van der Waals surface area contributed by atoms with Crippen LogP contribution >= 0.6 is 0 Å². The molecule has 84 valence electrons. The molecule has 2 heterocycles. The van der Waals surface area contributed by atoms with Gasteiger partial charge in [-0.15, -0.1) is 0 Å². The fourth-order valence-electron chi connectivity index (χ4n) is 1.25. The molecular weight excluding hydrogens is 216 g/mol. The SMILES string of the molecule is CC(=C\C#Cc1ccoc1)/C=C1\C=CC(=O)O1. The first-order valence-corrected chi connectivity index (χ1v) is 5.06. The standard InChI is InChI=1S/C14H10O3/c1-11(9-13-5-6-14(15)17-13)3-2-4-12-7-8-16-10-12/h3,5-10H,1H3/b11-3+,13-9+. The summed E-state index contributed by atoms with van der Waals surface area (Å²) in [5, 5.41) is 0. The zero-order valence-corrected chi connectivity index (χ0v) is 9.27. The molecule has 3 heteroatoms. The molecule has 0 atom stereocenters. The van der Waals surface area contributed by atoms with Crippen molar-refractivity contribution in [2.75, 3.05) is 0 Å². The molecule has 0 saturated heterocycles. The molecule has 1 aromatic heterocycles. The summed E-state index contributed by atoms with van der Waals surface area (Å²) in [7, 11) is 0. The molecule has 0 saturated carbocycles. The van der Waals surface area contributed by atoms with Gasteiger partial charge in [0.05, 0.1) is 11.8 Å². The van der Waals surface area contributed by atoms with Crippen molar-refractivity contribution in [2.24, 2.45) is 0 Å². The van der Waals surface area contributed by atoms with E-state index in [-0.39, 0.29) is 5.97 Å². The fraction of sp³-hybridized carbons (Fsp3) is 0.0714. The van der Waals surface area contributed by atoms with Crippen LogP contribution in [-0.4, -0.2) is 5.97 Å². The molecule has 0 radical (unpaired) electrons. The average Bonchev–Trinajstić information content (AvgIpc) is 2.90. The van der Waals surface area contributed by atoms with Gasteiger partial charge in [-0.1, -0.05) is 11.8 Å². The van der Waals surface area contributed by atoms with Gasteiger partial charge in [-0.3, -0.25) is 0 Å². The van der Waals surface area contributed by atoms with Crippen LogP contribution in [0.5, 0.6) is 0 Å². The predicted molar refractivity (Wildman–Crippen MR) is 62.7 cm³/mol. The van der Waals surface area contributed by atoms with Crippen LogP contribution in [0.3, 0.4) is 0 Å². The first kappa shape index (κ1) is 11.0. The Hall–Kier alpha value is -2.47. The van der Waals surface area contributed by atoms with Crippen molar-refractivity contribution in [1.82, 2.24) is 0 Å². The van der Waals surface area contributed by atoms with Crippen LogP contribution in [0.2, 0.25) is 0 Å². The summed E-state index contributed by atoms with van der Waals surface area (Å²) in [6.07, 6.45) is 9.67. The summed E-state index contributed by atoms with van der Waals surface area (Å²) >= 11 is 0. The van der Waals surface area contributed by atoms with E-state index in [0.717, 1.165) is 11.1 Å². The van der Waals surface area contributed by atoms with Gasteiger partial charge < -0.3 is 9.15 Å². The van der Waals surface area contributed by atoms with E-state index in [1.54, 1.807) is 36.8 Å². The Bertz CT molecular complexity index is 560. The number of allylic oxidation sites excluding steroid dienone is 4. The molecule has 17 heavy (non-hydrogen) atoms. The highest BCUT2D eigenvalue weighted by molar-refractivity contribution is 5.86. The molecule has 0 fully saturated rings. The molecule has 2 rings (SSSR count). The maximum Gasteiger partial charge on any atom is 0.336 e. The summed E-state index contributed by atoms with van der Waals surface area (Å²) in [4.78, 5) is 10.8. The summed E-state index contributed by atoms with van der Waals surface area (Å²) < 4.78 is 9.78.